The second-order valence-corrected chi connectivity index (χ2v) is 8.69. The average molecular weight is 402 g/mol. The number of nitrogens with one attached hydrogen (secondary N) is 1. The van der Waals surface area contributed by atoms with E-state index in [0.717, 1.165) is 44.3 Å². The number of carbonyl (C=O) groups is 2. The predicted molar refractivity (Wildman–Crippen MR) is 117 cm³/mol. The molecule has 0 bridgehead atoms. The third-order valence-electron chi connectivity index (χ3n) is 6.73. The Morgan fingerprint density at radius 2 is 1.80 bits per heavy atom. The van der Waals surface area contributed by atoms with Gasteiger partial charge >= 0.3 is 6.03 Å². The molecule has 0 saturated carbocycles. The zero-order valence-electron chi connectivity index (χ0n) is 17.4. The van der Waals surface area contributed by atoms with Gasteiger partial charge in [0.2, 0.25) is 0 Å². The molecule has 5 rings (SSSR count). The van der Waals surface area contributed by atoms with Crippen LogP contribution < -0.4 is 5.32 Å². The lowest BCUT2D eigenvalue weighted by atomic mass is 9.90. The summed E-state index contributed by atoms with van der Waals surface area (Å²) in [5.41, 5.74) is 5.14. The topological polar surface area (TPSA) is 52.7 Å². The van der Waals surface area contributed by atoms with Crippen LogP contribution in [0.3, 0.4) is 0 Å². The fourth-order valence-corrected chi connectivity index (χ4v) is 4.86. The minimum absolute atomic E-state index is 0.164. The van der Waals surface area contributed by atoms with Crippen LogP contribution in [-0.4, -0.2) is 41.5 Å². The van der Waals surface area contributed by atoms with Crippen molar-refractivity contribution in [3.05, 3.63) is 76.9 Å². The molecule has 0 unspecified atom stereocenters. The molecule has 1 fully saturated rings. The Hall–Kier alpha value is -2.92. The summed E-state index contributed by atoms with van der Waals surface area (Å²) >= 11 is 0. The van der Waals surface area contributed by atoms with Gasteiger partial charge in [0.1, 0.15) is 5.54 Å². The highest BCUT2D eigenvalue weighted by molar-refractivity contribution is 6.07. The molecule has 2 aromatic rings. The van der Waals surface area contributed by atoms with E-state index in [0.29, 0.717) is 6.67 Å². The second kappa shape index (κ2) is 7.40. The summed E-state index contributed by atoms with van der Waals surface area (Å²) in [5.74, 6) is -0.164. The Kier molecular flexibility index (Phi) is 4.70. The Morgan fingerprint density at radius 3 is 2.57 bits per heavy atom. The number of fused-ring (bicyclic) bond motifs is 1. The summed E-state index contributed by atoms with van der Waals surface area (Å²) in [5, 5.41) is 2.96. The van der Waals surface area contributed by atoms with Crippen LogP contribution in [0.5, 0.6) is 0 Å². The van der Waals surface area contributed by atoms with E-state index in [2.05, 4.69) is 52.7 Å². The first kappa shape index (κ1) is 19.1. The summed E-state index contributed by atoms with van der Waals surface area (Å²) < 4.78 is 0. The van der Waals surface area contributed by atoms with Gasteiger partial charge in [0.25, 0.3) is 5.91 Å². The number of amides is 3. The molecule has 5 heteroatoms. The van der Waals surface area contributed by atoms with Gasteiger partial charge in [-0.15, -0.1) is 0 Å². The van der Waals surface area contributed by atoms with Crippen molar-refractivity contribution in [1.82, 2.24) is 15.1 Å². The van der Waals surface area contributed by atoms with Crippen molar-refractivity contribution in [2.24, 2.45) is 0 Å². The molecule has 1 atom stereocenters. The first-order chi connectivity index (χ1) is 14.5. The first-order valence-electron chi connectivity index (χ1n) is 10.8. The van der Waals surface area contributed by atoms with Crippen LogP contribution in [0.25, 0.3) is 5.57 Å². The Morgan fingerprint density at radius 1 is 1.00 bits per heavy atom. The number of urea groups is 1. The molecule has 30 heavy (non-hydrogen) atoms. The fourth-order valence-electron chi connectivity index (χ4n) is 4.86. The van der Waals surface area contributed by atoms with E-state index < -0.39 is 5.54 Å². The monoisotopic (exact) mass is 401 g/mol. The van der Waals surface area contributed by atoms with Gasteiger partial charge in [-0.05, 0) is 60.4 Å². The molecule has 3 amide bonds. The van der Waals surface area contributed by atoms with Crippen molar-refractivity contribution >= 4 is 17.5 Å². The van der Waals surface area contributed by atoms with Crippen LogP contribution >= 0.6 is 0 Å². The molecular weight excluding hydrogens is 374 g/mol. The van der Waals surface area contributed by atoms with Gasteiger partial charge in [-0.1, -0.05) is 54.6 Å². The normalized spacial score (nSPS) is 24.0. The van der Waals surface area contributed by atoms with Crippen LogP contribution in [-0.2, 0) is 23.2 Å². The van der Waals surface area contributed by atoms with E-state index in [1.54, 1.807) is 0 Å². The van der Waals surface area contributed by atoms with Gasteiger partial charge in [0.15, 0.2) is 0 Å². The highest BCUT2D eigenvalue weighted by Crippen LogP contribution is 2.33. The molecule has 0 aromatic heterocycles. The number of aryl methyl sites for hydroxylation is 2. The maximum atomic E-state index is 13.3. The molecule has 3 aliphatic rings. The van der Waals surface area contributed by atoms with Gasteiger partial charge < -0.3 is 5.32 Å². The van der Waals surface area contributed by atoms with Crippen molar-refractivity contribution < 1.29 is 9.59 Å². The second-order valence-electron chi connectivity index (χ2n) is 8.69. The number of rotatable bonds is 4. The van der Waals surface area contributed by atoms with Crippen molar-refractivity contribution in [2.45, 2.75) is 38.1 Å². The number of carbonyl (C=O) groups excluding carboxylic acids is 2. The largest absolute Gasteiger partial charge is 0.326 e. The number of nitrogens with zero attached hydrogens (tertiary/aromatic N) is 2. The summed E-state index contributed by atoms with van der Waals surface area (Å²) in [6, 6.07) is 16.3. The van der Waals surface area contributed by atoms with E-state index in [-0.39, 0.29) is 11.9 Å². The Balaban J connectivity index is 1.30. The zero-order valence-corrected chi connectivity index (χ0v) is 17.4. The van der Waals surface area contributed by atoms with Crippen LogP contribution in [0.15, 0.2) is 54.6 Å². The number of benzene rings is 2. The van der Waals surface area contributed by atoms with E-state index >= 15 is 0 Å². The fraction of sp³-hybridized carbons (Fsp3) is 0.360. The Bertz CT molecular complexity index is 1030. The maximum absolute atomic E-state index is 13.3. The summed E-state index contributed by atoms with van der Waals surface area (Å²) in [6.45, 7) is 3.71. The van der Waals surface area contributed by atoms with Crippen molar-refractivity contribution in [3.63, 3.8) is 0 Å². The lowest BCUT2D eigenvalue weighted by Crippen LogP contribution is -2.44. The molecule has 2 aliphatic heterocycles. The molecule has 154 valence electrons. The van der Waals surface area contributed by atoms with Gasteiger partial charge in [-0.2, -0.15) is 0 Å². The molecule has 1 N–H and O–H groups in total. The highest BCUT2D eigenvalue weighted by Gasteiger charge is 2.49. The molecule has 5 nitrogen and oxygen atoms in total. The number of imide groups is 1. The quantitative estimate of drug-likeness (QED) is 0.795. The van der Waals surface area contributed by atoms with Gasteiger partial charge in [0.05, 0.1) is 6.67 Å². The lowest BCUT2D eigenvalue weighted by molar-refractivity contribution is -0.132. The lowest BCUT2D eigenvalue weighted by Gasteiger charge is -2.30. The minimum Gasteiger partial charge on any atom is -0.319 e. The smallest absolute Gasteiger partial charge is 0.319 e. The summed E-state index contributed by atoms with van der Waals surface area (Å²) in [6.07, 6.45) is 6.43. The minimum atomic E-state index is -0.991. The van der Waals surface area contributed by atoms with E-state index in [4.69, 9.17) is 0 Å². The molecule has 2 aromatic carbocycles. The predicted octanol–water partition coefficient (Wildman–Crippen LogP) is 3.69. The molecule has 0 radical (unpaired) electrons. The third-order valence-corrected chi connectivity index (χ3v) is 6.73. The van der Waals surface area contributed by atoms with Gasteiger partial charge in [-0.3, -0.25) is 9.69 Å². The van der Waals surface area contributed by atoms with Crippen LogP contribution in [0.4, 0.5) is 4.79 Å². The Labute approximate surface area is 177 Å². The SMILES string of the molecule is C[C@@]1(c2ccc3c(c2)CCC3)NC(=O)N(CN2CC=C(c3ccccc3)CC2)C1=O. The van der Waals surface area contributed by atoms with Crippen molar-refractivity contribution in [1.29, 1.82) is 0 Å². The van der Waals surface area contributed by atoms with E-state index in [1.807, 2.05) is 19.1 Å². The van der Waals surface area contributed by atoms with E-state index in [9.17, 15) is 9.59 Å². The van der Waals surface area contributed by atoms with Gasteiger partial charge in [-0.25, -0.2) is 9.69 Å². The standard InChI is InChI=1S/C25H27N3O2/c1-25(22-11-10-19-8-5-9-21(19)16-22)23(29)28(24(30)26-25)17-27-14-12-20(13-15-27)18-6-3-2-4-7-18/h2-4,6-7,10-12,16H,5,8-9,13-15,17H2,1H3,(H,26,30)/t25-/m0/s1. The van der Waals surface area contributed by atoms with Crippen LogP contribution in [0.2, 0.25) is 0 Å². The van der Waals surface area contributed by atoms with Crippen molar-refractivity contribution in [3.8, 4) is 0 Å². The molecule has 0 spiro atoms. The maximum Gasteiger partial charge on any atom is 0.326 e. The molecule has 1 saturated heterocycles. The number of hydrogen-bond acceptors (Lipinski definition) is 3. The van der Waals surface area contributed by atoms with Crippen LogP contribution in [0.1, 0.15) is 42.0 Å². The number of hydrogen-bond donors (Lipinski definition) is 1. The van der Waals surface area contributed by atoms with Gasteiger partial charge in [0, 0.05) is 13.1 Å². The highest BCUT2D eigenvalue weighted by atomic mass is 16.2. The third kappa shape index (κ3) is 3.23. The first-order valence-corrected chi connectivity index (χ1v) is 10.8. The molecule has 2 heterocycles. The van der Waals surface area contributed by atoms with Crippen molar-refractivity contribution in [2.75, 3.05) is 19.8 Å². The molecule has 1 aliphatic carbocycles. The van der Waals surface area contributed by atoms with Crippen LogP contribution in [0, 0.1) is 0 Å². The summed E-state index contributed by atoms with van der Waals surface area (Å²) in [7, 11) is 0. The van der Waals surface area contributed by atoms with E-state index in [1.165, 1.54) is 27.2 Å². The zero-order chi connectivity index (χ0) is 20.7. The average Bonchev–Trinajstić information content (AvgIpc) is 3.33. The molecular formula is C25H27N3O2. The summed E-state index contributed by atoms with van der Waals surface area (Å²) in [4.78, 5) is 29.5.